The Morgan fingerprint density at radius 3 is 3.15 bits per heavy atom. The lowest BCUT2D eigenvalue weighted by molar-refractivity contribution is -0.118. The number of carbonyl (C=O) groups is 1. The van der Waals surface area contributed by atoms with Gasteiger partial charge in [0, 0.05) is 24.8 Å². The molecule has 4 rings (SSSR count). The number of para-hydroxylation sites is 1. The van der Waals surface area contributed by atoms with Crippen LogP contribution in [0.5, 0.6) is 11.5 Å². The van der Waals surface area contributed by atoms with Gasteiger partial charge >= 0.3 is 0 Å². The second kappa shape index (κ2) is 6.64. The number of fused-ring (bicyclic) bond motifs is 1. The molecule has 138 valence electrons. The summed E-state index contributed by atoms with van der Waals surface area (Å²) in [6.45, 7) is 5.40. The van der Waals surface area contributed by atoms with E-state index in [9.17, 15) is 4.79 Å². The second-order valence-corrected chi connectivity index (χ2v) is 7.35. The minimum Gasteiger partial charge on any atom is -0.483 e. The molecule has 0 saturated carbocycles. The third kappa shape index (κ3) is 3.53. The number of hydrogen-bond acceptors (Lipinski definition) is 5. The third-order valence-electron chi connectivity index (χ3n) is 4.58. The van der Waals surface area contributed by atoms with E-state index >= 15 is 0 Å². The van der Waals surface area contributed by atoms with Gasteiger partial charge < -0.3 is 19.5 Å². The number of rotatable bonds is 5. The molecule has 1 aromatic carbocycles. The highest BCUT2D eigenvalue weighted by Gasteiger charge is 2.32. The maximum Gasteiger partial charge on any atom is 0.262 e. The summed E-state index contributed by atoms with van der Waals surface area (Å²) in [4.78, 5) is 12.2. The number of nitrogens with one attached hydrogen (secondary N) is 1. The summed E-state index contributed by atoms with van der Waals surface area (Å²) in [5.41, 5.74) is 1.51. The standard InChI is InChI=1S/C19H23N3O4/c1-19(2)8-13-4-3-5-16(18(13)26-19)25-12-17(23)21-14-9-20-22(10-14)15-6-7-24-11-15/h3-5,9-10,15H,6-8,11-12H2,1-2H3,(H,21,23)/t15-/m1/s1. The summed E-state index contributed by atoms with van der Waals surface area (Å²) >= 11 is 0. The molecule has 26 heavy (non-hydrogen) atoms. The van der Waals surface area contributed by atoms with Crippen molar-refractivity contribution in [2.24, 2.45) is 0 Å². The number of anilines is 1. The number of nitrogens with zero attached hydrogens (tertiary/aromatic N) is 2. The highest BCUT2D eigenvalue weighted by molar-refractivity contribution is 5.91. The summed E-state index contributed by atoms with van der Waals surface area (Å²) in [5.74, 6) is 1.10. The van der Waals surface area contributed by atoms with Crippen LogP contribution < -0.4 is 14.8 Å². The van der Waals surface area contributed by atoms with Crippen LogP contribution in [-0.4, -0.2) is 41.1 Å². The molecule has 1 N–H and O–H groups in total. The van der Waals surface area contributed by atoms with Gasteiger partial charge in [-0.2, -0.15) is 5.10 Å². The van der Waals surface area contributed by atoms with E-state index in [0.29, 0.717) is 18.0 Å². The molecule has 0 bridgehead atoms. The largest absolute Gasteiger partial charge is 0.483 e. The monoisotopic (exact) mass is 357 g/mol. The van der Waals surface area contributed by atoms with Crippen molar-refractivity contribution in [2.45, 2.75) is 38.3 Å². The Hall–Kier alpha value is -2.54. The second-order valence-electron chi connectivity index (χ2n) is 7.35. The van der Waals surface area contributed by atoms with Crippen LogP contribution in [0.3, 0.4) is 0 Å². The molecule has 1 atom stereocenters. The molecule has 0 unspecified atom stereocenters. The van der Waals surface area contributed by atoms with Crippen molar-refractivity contribution in [1.29, 1.82) is 0 Å². The van der Waals surface area contributed by atoms with Crippen molar-refractivity contribution in [3.8, 4) is 11.5 Å². The first-order chi connectivity index (χ1) is 12.5. The van der Waals surface area contributed by atoms with Gasteiger partial charge in [-0.3, -0.25) is 9.48 Å². The average Bonchev–Trinajstić information content (AvgIpc) is 3.30. The lowest BCUT2D eigenvalue weighted by Crippen LogP contribution is -2.25. The summed E-state index contributed by atoms with van der Waals surface area (Å²) < 4.78 is 18.9. The zero-order chi connectivity index (χ0) is 18.1. The van der Waals surface area contributed by atoms with Crippen LogP contribution in [0.1, 0.15) is 31.9 Å². The van der Waals surface area contributed by atoms with E-state index in [1.54, 1.807) is 6.20 Å². The van der Waals surface area contributed by atoms with Crippen LogP contribution in [0.25, 0.3) is 0 Å². The topological polar surface area (TPSA) is 74.6 Å². The number of ether oxygens (including phenoxy) is 3. The predicted octanol–water partition coefficient (Wildman–Crippen LogP) is 2.58. The molecule has 7 heteroatoms. The fraction of sp³-hybridized carbons (Fsp3) is 0.474. The molecule has 1 saturated heterocycles. The molecule has 3 heterocycles. The summed E-state index contributed by atoms with van der Waals surface area (Å²) in [7, 11) is 0. The molecule has 2 aromatic rings. The number of hydrogen-bond donors (Lipinski definition) is 1. The molecule has 0 aliphatic carbocycles. The molecule has 1 amide bonds. The SMILES string of the molecule is CC1(C)Cc2cccc(OCC(=O)Nc3cnn([C@@H]4CCOC4)c3)c2O1. The van der Waals surface area contributed by atoms with Gasteiger partial charge in [-0.05, 0) is 26.3 Å². The first-order valence-electron chi connectivity index (χ1n) is 8.86. The third-order valence-corrected chi connectivity index (χ3v) is 4.58. The molecular formula is C19H23N3O4. The molecule has 1 fully saturated rings. The number of benzene rings is 1. The van der Waals surface area contributed by atoms with E-state index in [-0.39, 0.29) is 24.2 Å². The minimum absolute atomic E-state index is 0.0854. The van der Waals surface area contributed by atoms with Crippen LogP contribution in [0.4, 0.5) is 5.69 Å². The first-order valence-corrected chi connectivity index (χ1v) is 8.86. The Labute approximate surface area is 152 Å². The Kier molecular flexibility index (Phi) is 4.32. The van der Waals surface area contributed by atoms with Crippen molar-refractivity contribution in [3.05, 3.63) is 36.2 Å². The maximum absolute atomic E-state index is 12.2. The maximum atomic E-state index is 12.2. The fourth-order valence-corrected chi connectivity index (χ4v) is 3.37. The predicted molar refractivity (Wildman–Crippen MR) is 95.7 cm³/mol. The zero-order valence-corrected chi connectivity index (χ0v) is 15.0. The van der Waals surface area contributed by atoms with E-state index < -0.39 is 0 Å². The summed E-state index contributed by atoms with van der Waals surface area (Å²) in [6.07, 6.45) is 5.23. The van der Waals surface area contributed by atoms with E-state index in [1.807, 2.05) is 42.9 Å². The average molecular weight is 357 g/mol. The van der Waals surface area contributed by atoms with Gasteiger partial charge in [-0.25, -0.2) is 0 Å². The number of amides is 1. The van der Waals surface area contributed by atoms with Gasteiger partial charge in [-0.1, -0.05) is 12.1 Å². The molecule has 0 radical (unpaired) electrons. The van der Waals surface area contributed by atoms with Crippen molar-refractivity contribution >= 4 is 11.6 Å². The van der Waals surface area contributed by atoms with Gasteiger partial charge in [0.2, 0.25) is 0 Å². The van der Waals surface area contributed by atoms with E-state index in [0.717, 1.165) is 30.8 Å². The highest BCUT2D eigenvalue weighted by atomic mass is 16.5. The summed E-state index contributed by atoms with van der Waals surface area (Å²) in [6, 6.07) is 6.01. The lowest BCUT2D eigenvalue weighted by atomic mass is 10.0. The fourth-order valence-electron chi connectivity index (χ4n) is 3.37. The normalized spacial score (nSPS) is 20.5. The Bertz CT molecular complexity index is 809. The van der Waals surface area contributed by atoms with E-state index in [4.69, 9.17) is 14.2 Å². The van der Waals surface area contributed by atoms with Gasteiger partial charge in [0.25, 0.3) is 5.91 Å². The summed E-state index contributed by atoms with van der Waals surface area (Å²) in [5, 5.41) is 7.10. The molecule has 2 aliphatic rings. The van der Waals surface area contributed by atoms with Crippen molar-refractivity contribution in [1.82, 2.24) is 9.78 Å². The van der Waals surface area contributed by atoms with Gasteiger partial charge in [0.05, 0.1) is 24.5 Å². The van der Waals surface area contributed by atoms with Gasteiger partial charge in [0.1, 0.15) is 5.60 Å². The molecule has 0 spiro atoms. The zero-order valence-electron chi connectivity index (χ0n) is 15.0. The van der Waals surface area contributed by atoms with Gasteiger partial charge in [-0.15, -0.1) is 0 Å². The van der Waals surface area contributed by atoms with E-state index in [2.05, 4.69) is 10.4 Å². The number of aromatic nitrogens is 2. The Morgan fingerprint density at radius 1 is 1.46 bits per heavy atom. The van der Waals surface area contributed by atoms with Crippen LogP contribution in [0, 0.1) is 0 Å². The Balaban J connectivity index is 1.35. The quantitative estimate of drug-likeness (QED) is 0.890. The van der Waals surface area contributed by atoms with Gasteiger partial charge in [0.15, 0.2) is 18.1 Å². The van der Waals surface area contributed by atoms with Crippen molar-refractivity contribution in [3.63, 3.8) is 0 Å². The first kappa shape index (κ1) is 16.9. The molecule has 2 aliphatic heterocycles. The van der Waals surface area contributed by atoms with Crippen LogP contribution in [0.15, 0.2) is 30.6 Å². The highest BCUT2D eigenvalue weighted by Crippen LogP contribution is 2.41. The van der Waals surface area contributed by atoms with E-state index in [1.165, 1.54) is 0 Å². The molecule has 7 nitrogen and oxygen atoms in total. The minimum atomic E-state index is -0.247. The number of carbonyl (C=O) groups excluding carboxylic acids is 1. The Morgan fingerprint density at radius 2 is 2.35 bits per heavy atom. The van der Waals surface area contributed by atoms with Crippen molar-refractivity contribution in [2.75, 3.05) is 25.1 Å². The van der Waals surface area contributed by atoms with Crippen LogP contribution in [-0.2, 0) is 16.0 Å². The lowest BCUT2D eigenvalue weighted by Gasteiger charge is -2.18. The molecular weight excluding hydrogens is 334 g/mol. The smallest absolute Gasteiger partial charge is 0.262 e. The van der Waals surface area contributed by atoms with Crippen molar-refractivity contribution < 1.29 is 19.0 Å². The van der Waals surface area contributed by atoms with Crippen LogP contribution >= 0.6 is 0 Å². The van der Waals surface area contributed by atoms with Crippen LogP contribution in [0.2, 0.25) is 0 Å². The molecule has 1 aromatic heterocycles.